The summed E-state index contributed by atoms with van der Waals surface area (Å²) in [5.74, 6) is -1.39. The first-order valence-corrected chi connectivity index (χ1v) is 10.3. The summed E-state index contributed by atoms with van der Waals surface area (Å²) in [5, 5.41) is 30.5. The van der Waals surface area contributed by atoms with Crippen LogP contribution in [0.15, 0.2) is 0 Å². The van der Waals surface area contributed by atoms with E-state index in [1.54, 1.807) is 0 Å². The molecule has 1 aromatic carbocycles. The molecule has 0 spiro atoms. The van der Waals surface area contributed by atoms with Crippen LogP contribution < -0.4 is 11.1 Å². The summed E-state index contributed by atoms with van der Waals surface area (Å²) >= 11 is 5.53. The molecule has 0 fully saturated rings. The Morgan fingerprint density at radius 2 is 1.62 bits per heavy atom. The van der Waals surface area contributed by atoms with Crippen molar-refractivity contribution < 1.29 is 29.7 Å². The molecule has 0 aromatic heterocycles. The number of amides is 3. The molecule has 0 saturated heterocycles. The largest absolute Gasteiger partial charge is 0.395 e. The zero-order valence-electron chi connectivity index (χ0n) is 13.2. The topological polar surface area (TPSA) is 153 Å². The first kappa shape index (κ1) is 23.7. The summed E-state index contributed by atoms with van der Waals surface area (Å²) < 4.78 is 1.04. The molecule has 1 aromatic rings. The second-order valence-corrected chi connectivity index (χ2v) is 8.17. The van der Waals surface area contributed by atoms with Crippen molar-refractivity contribution in [2.75, 3.05) is 31.7 Å². The van der Waals surface area contributed by atoms with Crippen molar-refractivity contribution >= 4 is 91.7 Å². The quantitative estimate of drug-likeness (QED) is 0.180. The fraction of sp³-hybridized carbons (Fsp3) is 0.357. The molecule has 0 saturated carbocycles. The van der Waals surface area contributed by atoms with Gasteiger partial charge in [-0.25, -0.2) is 0 Å². The highest BCUT2D eigenvalue weighted by Crippen LogP contribution is 2.36. The third-order valence-electron chi connectivity index (χ3n) is 3.44. The predicted octanol–water partition coefficient (Wildman–Crippen LogP) is -0.0447. The lowest BCUT2D eigenvalue weighted by Crippen LogP contribution is -2.46. The summed E-state index contributed by atoms with van der Waals surface area (Å²) in [6.45, 7) is -1.54. The summed E-state index contributed by atoms with van der Waals surface area (Å²) in [7, 11) is 0. The number of aliphatic hydroxyl groups excluding tert-OH is 3. The molecule has 0 aliphatic heterocycles. The minimum atomic E-state index is -0.931. The van der Waals surface area contributed by atoms with Crippen LogP contribution in [-0.2, 0) is 4.79 Å². The van der Waals surface area contributed by atoms with E-state index >= 15 is 0 Å². The number of aliphatic hydroxyl groups is 3. The summed E-state index contributed by atoms with van der Waals surface area (Å²) in [4.78, 5) is 37.0. The first-order chi connectivity index (χ1) is 12.3. The lowest BCUT2D eigenvalue weighted by molar-refractivity contribution is -0.105. The molecule has 1 rings (SSSR count). The number of hydrogen-bond acceptors (Lipinski definition) is 6. The fourth-order valence-electron chi connectivity index (χ4n) is 2.21. The second kappa shape index (κ2) is 10.9. The summed E-state index contributed by atoms with van der Waals surface area (Å²) in [6, 6.07) is -0.931. The van der Waals surface area contributed by atoms with Crippen LogP contribution in [0.5, 0.6) is 0 Å². The number of nitrogens with two attached hydrogens (primary N) is 1. The molecule has 0 bridgehead atoms. The Balaban J connectivity index is 3.70. The summed E-state index contributed by atoms with van der Waals surface area (Å²) in [5.41, 5.74) is 5.86. The normalized spacial score (nSPS) is 10.7. The average Bonchev–Trinajstić information content (AvgIpc) is 2.58. The van der Waals surface area contributed by atoms with Crippen molar-refractivity contribution in [2.45, 2.75) is 6.04 Å². The van der Waals surface area contributed by atoms with Crippen LogP contribution in [0.4, 0.5) is 5.69 Å². The third-order valence-corrected chi connectivity index (χ3v) is 6.68. The van der Waals surface area contributed by atoms with Crippen molar-refractivity contribution in [1.29, 1.82) is 0 Å². The predicted molar refractivity (Wildman–Crippen MR) is 119 cm³/mol. The molecule has 3 amide bonds. The molecule has 144 valence electrons. The number of nitrogens with zero attached hydrogens (tertiary/aromatic N) is 1. The van der Waals surface area contributed by atoms with Crippen molar-refractivity contribution in [1.82, 2.24) is 4.90 Å². The first-order valence-electron chi connectivity index (χ1n) is 7.10. The fourth-order valence-corrected chi connectivity index (χ4v) is 6.68. The Labute approximate surface area is 190 Å². The Bertz CT molecular complexity index is 712. The monoisotopic (exact) mass is 703 g/mol. The van der Waals surface area contributed by atoms with Crippen LogP contribution >= 0.6 is 67.8 Å². The van der Waals surface area contributed by atoms with Crippen LogP contribution in [0.1, 0.15) is 20.7 Å². The van der Waals surface area contributed by atoms with Crippen LogP contribution in [-0.4, -0.2) is 70.9 Å². The van der Waals surface area contributed by atoms with E-state index in [2.05, 4.69) is 5.32 Å². The maximum Gasteiger partial charge on any atom is 0.256 e. The molecular weight excluding hydrogens is 687 g/mol. The lowest BCUT2D eigenvalue weighted by Gasteiger charge is -2.30. The van der Waals surface area contributed by atoms with Gasteiger partial charge in [0.25, 0.3) is 11.8 Å². The highest BCUT2D eigenvalue weighted by atomic mass is 127. The Morgan fingerprint density at radius 3 is 2.04 bits per heavy atom. The zero-order valence-corrected chi connectivity index (χ0v) is 19.7. The van der Waals surface area contributed by atoms with Gasteiger partial charge in [0.2, 0.25) is 6.41 Å². The zero-order chi connectivity index (χ0) is 20.0. The highest BCUT2D eigenvalue weighted by molar-refractivity contribution is 14.1. The van der Waals surface area contributed by atoms with Gasteiger partial charge in [0, 0.05) is 10.1 Å². The van der Waals surface area contributed by atoms with Crippen LogP contribution in [0, 0.1) is 10.7 Å². The maximum absolute atomic E-state index is 13.1. The van der Waals surface area contributed by atoms with Gasteiger partial charge in [-0.2, -0.15) is 0 Å². The number of anilines is 1. The second-order valence-electron chi connectivity index (χ2n) is 4.93. The van der Waals surface area contributed by atoms with Gasteiger partial charge in [0.1, 0.15) is 0 Å². The number of carbonyl (C=O) groups is 3. The minimum absolute atomic E-state index is 0.0767. The molecule has 0 radical (unpaired) electrons. The van der Waals surface area contributed by atoms with E-state index in [1.807, 2.05) is 67.8 Å². The number of hydrogen-bond donors (Lipinski definition) is 5. The number of carbonyl (C=O) groups excluding carboxylic acids is 3. The van der Waals surface area contributed by atoms with Crippen LogP contribution in [0.2, 0.25) is 0 Å². The molecular formula is C14H16I3N3O6. The van der Waals surface area contributed by atoms with Gasteiger partial charge in [-0.15, -0.1) is 0 Å². The van der Waals surface area contributed by atoms with Crippen LogP contribution in [0.25, 0.3) is 0 Å². The van der Waals surface area contributed by atoms with E-state index in [9.17, 15) is 29.7 Å². The molecule has 0 atom stereocenters. The van der Waals surface area contributed by atoms with E-state index < -0.39 is 31.1 Å². The van der Waals surface area contributed by atoms with E-state index in [0.717, 1.165) is 4.90 Å². The number of rotatable bonds is 9. The van der Waals surface area contributed by atoms with Crippen molar-refractivity contribution in [3.63, 3.8) is 0 Å². The molecule has 0 unspecified atom stereocenters. The van der Waals surface area contributed by atoms with Crippen LogP contribution in [0.3, 0.4) is 0 Å². The smallest absolute Gasteiger partial charge is 0.256 e. The molecule has 12 heteroatoms. The van der Waals surface area contributed by atoms with E-state index in [4.69, 9.17) is 5.73 Å². The van der Waals surface area contributed by atoms with Gasteiger partial charge in [0.15, 0.2) is 0 Å². The molecule has 0 aliphatic rings. The maximum atomic E-state index is 13.1. The lowest BCUT2D eigenvalue weighted by atomic mass is 10.1. The van der Waals surface area contributed by atoms with Crippen molar-refractivity contribution in [3.05, 3.63) is 21.8 Å². The average molecular weight is 703 g/mol. The molecule has 0 aliphatic carbocycles. The van der Waals surface area contributed by atoms with Gasteiger partial charge in [-0.1, -0.05) is 0 Å². The Hall–Kier alpha value is -0.300. The van der Waals surface area contributed by atoms with Crippen molar-refractivity contribution in [2.24, 2.45) is 5.73 Å². The number of halogens is 3. The Kier molecular flexibility index (Phi) is 9.94. The van der Waals surface area contributed by atoms with E-state index in [1.165, 1.54) is 0 Å². The number of primary amides is 1. The van der Waals surface area contributed by atoms with Crippen molar-refractivity contribution in [3.8, 4) is 0 Å². The molecule has 9 nitrogen and oxygen atoms in total. The third kappa shape index (κ3) is 4.94. The molecule has 0 heterocycles. The number of benzene rings is 1. The SMILES string of the molecule is NC(=O)c1c(I)c(NC=O)c(I)c(C(=O)N(CCO)C(CO)CO)c1I. The number of nitrogens with one attached hydrogen (secondary N) is 1. The molecule has 26 heavy (non-hydrogen) atoms. The molecule has 6 N–H and O–H groups in total. The van der Waals surface area contributed by atoms with Gasteiger partial charge in [-0.05, 0) is 67.8 Å². The van der Waals surface area contributed by atoms with E-state index in [-0.39, 0.29) is 33.5 Å². The highest BCUT2D eigenvalue weighted by Gasteiger charge is 2.31. The van der Waals surface area contributed by atoms with Gasteiger partial charge >= 0.3 is 0 Å². The van der Waals surface area contributed by atoms with Gasteiger partial charge in [-0.3, -0.25) is 14.4 Å². The minimum Gasteiger partial charge on any atom is -0.395 e. The van der Waals surface area contributed by atoms with Gasteiger partial charge < -0.3 is 31.3 Å². The Morgan fingerprint density at radius 1 is 1.08 bits per heavy atom. The summed E-state index contributed by atoms with van der Waals surface area (Å²) in [6.07, 6.45) is 0.418. The van der Waals surface area contributed by atoms with Gasteiger partial charge in [0.05, 0.1) is 49.8 Å². The van der Waals surface area contributed by atoms with E-state index in [0.29, 0.717) is 13.6 Å². The standard InChI is InChI=1S/C14H16I3N3O6/c15-9-7(13(18)25)10(16)12(19-5-24)11(17)8(9)14(26)20(1-2-21)6(3-22)4-23/h5-6,21-23H,1-4H2,(H2,18,25)(H,19,24).